The third-order valence-corrected chi connectivity index (χ3v) is 4.77. The van der Waals surface area contributed by atoms with Gasteiger partial charge in [0.25, 0.3) is 0 Å². The molecule has 1 unspecified atom stereocenters. The van der Waals surface area contributed by atoms with Gasteiger partial charge >= 0.3 is 0 Å². The van der Waals surface area contributed by atoms with Crippen LogP contribution >= 0.6 is 22.9 Å². The fourth-order valence-corrected chi connectivity index (χ4v) is 3.65. The zero-order valence-electron chi connectivity index (χ0n) is 11.6. The smallest absolute Gasteiger partial charge is 0.107 e. The number of hydrogen-bond acceptors (Lipinski definition) is 3. The Hall–Kier alpha value is -0.120. The van der Waals surface area contributed by atoms with Crippen molar-refractivity contribution in [2.45, 2.75) is 45.6 Å². The molecule has 18 heavy (non-hydrogen) atoms. The van der Waals surface area contributed by atoms with Crippen LogP contribution in [-0.4, -0.2) is 28.9 Å². The van der Waals surface area contributed by atoms with Gasteiger partial charge in [-0.3, -0.25) is 4.90 Å². The van der Waals surface area contributed by atoms with Crippen LogP contribution in [0.5, 0.6) is 0 Å². The van der Waals surface area contributed by atoms with Gasteiger partial charge in [0.1, 0.15) is 5.01 Å². The normalized spacial score (nSPS) is 22.3. The van der Waals surface area contributed by atoms with E-state index in [0.717, 1.165) is 19.0 Å². The summed E-state index contributed by atoms with van der Waals surface area (Å²) in [6.45, 7) is 9.97. The van der Waals surface area contributed by atoms with E-state index in [0.29, 0.717) is 5.92 Å². The summed E-state index contributed by atoms with van der Waals surface area (Å²) in [6.07, 6.45) is 2.56. The number of halogens is 1. The van der Waals surface area contributed by atoms with Crippen LogP contribution in [0.3, 0.4) is 0 Å². The van der Waals surface area contributed by atoms with Crippen molar-refractivity contribution in [2.24, 2.45) is 5.92 Å². The Kier molecular flexibility index (Phi) is 4.68. The summed E-state index contributed by atoms with van der Waals surface area (Å²) >= 11 is 7.77. The summed E-state index contributed by atoms with van der Waals surface area (Å²) in [5.74, 6) is 1.46. The van der Waals surface area contributed by atoms with Crippen molar-refractivity contribution >= 4 is 22.9 Å². The first-order chi connectivity index (χ1) is 8.49. The predicted octanol–water partition coefficient (Wildman–Crippen LogP) is 3.89. The summed E-state index contributed by atoms with van der Waals surface area (Å²) in [4.78, 5) is 7.27. The highest BCUT2D eigenvalue weighted by molar-refractivity contribution is 7.09. The molecular weight excluding hydrogens is 264 g/mol. The van der Waals surface area contributed by atoms with Crippen LogP contribution in [-0.2, 0) is 12.0 Å². The molecule has 1 aliphatic heterocycles. The first-order valence-electron chi connectivity index (χ1n) is 6.72. The number of thiazole rings is 1. The first-order valence-corrected chi connectivity index (χ1v) is 8.13. The average Bonchev–Trinajstić information content (AvgIpc) is 2.77. The molecule has 0 aliphatic carbocycles. The molecule has 0 amide bonds. The highest BCUT2D eigenvalue weighted by Crippen LogP contribution is 2.26. The molecule has 0 aromatic carbocycles. The Morgan fingerprint density at radius 1 is 1.50 bits per heavy atom. The lowest BCUT2D eigenvalue weighted by molar-refractivity contribution is 0.178. The Morgan fingerprint density at radius 2 is 2.28 bits per heavy atom. The van der Waals surface area contributed by atoms with Gasteiger partial charge in [0.2, 0.25) is 0 Å². The van der Waals surface area contributed by atoms with Crippen molar-refractivity contribution < 1.29 is 0 Å². The van der Waals surface area contributed by atoms with Gasteiger partial charge in [0, 0.05) is 23.2 Å². The Morgan fingerprint density at radius 3 is 2.89 bits per heavy atom. The molecule has 2 nitrogen and oxygen atoms in total. The zero-order chi connectivity index (χ0) is 13.2. The molecule has 102 valence electrons. The second-order valence-corrected chi connectivity index (χ2v) is 7.53. The van der Waals surface area contributed by atoms with Crippen molar-refractivity contribution in [2.75, 3.05) is 19.0 Å². The molecule has 1 aromatic rings. The van der Waals surface area contributed by atoms with Crippen LogP contribution in [0.4, 0.5) is 0 Å². The maximum absolute atomic E-state index is 5.97. The molecule has 2 heterocycles. The largest absolute Gasteiger partial charge is 0.296 e. The monoisotopic (exact) mass is 286 g/mol. The molecule has 1 fully saturated rings. The average molecular weight is 287 g/mol. The van der Waals surface area contributed by atoms with Crippen LogP contribution < -0.4 is 0 Å². The van der Waals surface area contributed by atoms with Gasteiger partial charge in [-0.1, -0.05) is 20.8 Å². The SMILES string of the molecule is CC(C)(C)c1csc(CN2CCCC(CCl)C2)n1. The number of aromatic nitrogens is 1. The molecular formula is C14H23ClN2S. The first kappa shape index (κ1) is 14.3. The van der Waals surface area contributed by atoms with Gasteiger partial charge in [-0.2, -0.15) is 0 Å². The second-order valence-electron chi connectivity index (χ2n) is 6.27. The van der Waals surface area contributed by atoms with E-state index >= 15 is 0 Å². The summed E-state index contributed by atoms with van der Waals surface area (Å²) in [5, 5.41) is 3.45. The van der Waals surface area contributed by atoms with E-state index in [9.17, 15) is 0 Å². The van der Waals surface area contributed by atoms with E-state index in [-0.39, 0.29) is 5.41 Å². The quantitative estimate of drug-likeness (QED) is 0.784. The van der Waals surface area contributed by atoms with E-state index in [4.69, 9.17) is 16.6 Å². The topological polar surface area (TPSA) is 16.1 Å². The molecule has 2 rings (SSSR count). The van der Waals surface area contributed by atoms with Gasteiger partial charge in [0.15, 0.2) is 0 Å². The summed E-state index contributed by atoms with van der Waals surface area (Å²) in [5.41, 5.74) is 1.38. The lowest BCUT2D eigenvalue weighted by Gasteiger charge is -2.31. The van der Waals surface area contributed by atoms with Crippen molar-refractivity contribution in [1.29, 1.82) is 0 Å². The maximum atomic E-state index is 5.97. The molecule has 1 aliphatic rings. The van der Waals surface area contributed by atoms with Crippen molar-refractivity contribution in [3.63, 3.8) is 0 Å². The minimum absolute atomic E-state index is 0.162. The van der Waals surface area contributed by atoms with Crippen LogP contribution in [0.1, 0.15) is 44.3 Å². The van der Waals surface area contributed by atoms with E-state index in [1.54, 1.807) is 11.3 Å². The second kappa shape index (κ2) is 5.89. The van der Waals surface area contributed by atoms with Gasteiger partial charge in [-0.25, -0.2) is 4.98 Å². The number of rotatable bonds is 3. The van der Waals surface area contributed by atoms with E-state index < -0.39 is 0 Å². The fraction of sp³-hybridized carbons (Fsp3) is 0.786. The Labute approximate surface area is 119 Å². The minimum atomic E-state index is 0.162. The van der Waals surface area contributed by atoms with Crippen molar-refractivity contribution in [1.82, 2.24) is 9.88 Å². The minimum Gasteiger partial charge on any atom is -0.296 e. The van der Waals surface area contributed by atoms with Crippen LogP contribution in [0.15, 0.2) is 5.38 Å². The third kappa shape index (κ3) is 3.69. The molecule has 0 radical (unpaired) electrons. The number of likely N-dealkylation sites (tertiary alicyclic amines) is 1. The van der Waals surface area contributed by atoms with E-state index in [1.165, 1.54) is 30.1 Å². The molecule has 0 spiro atoms. The van der Waals surface area contributed by atoms with Gasteiger partial charge in [0.05, 0.1) is 12.2 Å². The molecule has 0 bridgehead atoms. The third-order valence-electron chi connectivity index (χ3n) is 3.50. The van der Waals surface area contributed by atoms with Crippen molar-refractivity contribution in [3.8, 4) is 0 Å². The van der Waals surface area contributed by atoms with Crippen LogP contribution in [0, 0.1) is 5.92 Å². The number of nitrogens with zero attached hydrogens (tertiary/aromatic N) is 2. The van der Waals surface area contributed by atoms with Crippen LogP contribution in [0.25, 0.3) is 0 Å². The highest BCUT2D eigenvalue weighted by Gasteiger charge is 2.21. The number of piperidine rings is 1. The van der Waals surface area contributed by atoms with Gasteiger partial charge in [-0.05, 0) is 25.3 Å². The van der Waals surface area contributed by atoms with Crippen molar-refractivity contribution in [3.05, 3.63) is 16.1 Å². The fourth-order valence-electron chi connectivity index (χ4n) is 2.34. The zero-order valence-corrected chi connectivity index (χ0v) is 13.2. The Bertz CT molecular complexity index is 383. The van der Waals surface area contributed by atoms with E-state index in [1.807, 2.05) is 0 Å². The summed E-state index contributed by atoms with van der Waals surface area (Å²) in [7, 11) is 0. The van der Waals surface area contributed by atoms with Crippen LogP contribution in [0.2, 0.25) is 0 Å². The molecule has 0 N–H and O–H groups in total. The maximum Gasteiger partial charge on any atom is 0.107 e. The standard InChI is InChI=1S/C14H23ClN2S/c1-14(2,3)12-10-18-13(16-12)9-17-6-4-5-11(7-15)8-17/h10-11H,4-9H2,1-3H3. The predicted molar refractivity (Wildman–Crippen MR) is 79.5 cm³/mol. The summed E-state index contributed by atoms with van der Waals surface area (Å²) < 4.78 is 0. The van der Waals surface area contributed by atoms with Gasteiger partial charge < -0.3 is 0 Å². The molecule has 1 atom stereocenters. The highest BCUT2D eigenvalue weighted by atomic mass is 35.5. The number of hydrogen-bond donors (Lipinski definition) is 0. The lowest BCUT2D eigenvalue weighted by atomic mass is 9.93. The molecule has 1 saturated heterocycles. The van der Waals surface area contributed by atoms with Gasteiger partial charge in [-0.15, -0.1) is 22.9 Å². The molecule has 1 aromatic heterocycles. The van der Waals surface area contributed by atoms with E-state index in [2.05, 4.69) is 31.1 Å². The lowest BCUT2D eigenvalue weighted by Crippen LogP contribution is -2.35. The Balaban J connectivity index is 1.95. The molecule has 4 heteroatoms. The molecule has 0 saturated carbocycles. The number of alkyl halides is 1. The summed E-state index contributed by atoms with van der Waals surface area (Å²) in [6, 6.07) is 0.